The van der Waals surface area contributed by atoms with Gasteiger partial charge in [0.1, 0.15) is 11.6 Å². The monoisotopic (exact) mass is 412 g/mol. The molecule has 0 bridgehead atoms. The average molecular weight is 412 g/mol. The largest absolute Gasteiger partial charge is 0.496 e. The van der Waals surface area contributed by atoms with E-state index in [9.17, 15) is 19.3 Å². The summed E-state index contributed by atoms with van der Waals surface area (Å²) in [6.45, 7) is 0.197. The number of ether oxygens (including phenoxy) is 1. The summed E-state index contributed by atoms with van der Waals surface area (Å²) in [6, 6.07) is 10.8. The van der Waals surface area contributed by atoms with Crippen molar-refractivity contribution in [2.45, 2.75) is 13.0 Å². The molecule has 0 atom stereocenters. The number of benzene rings is 2. The van der Waals surface area contributed by atoms with Gasteiger partial charge in [0, 0.05) is 10.7 Å². The lowest BCUT2D eigenvalue weighted by Crippen LogP contribution is -2.19. The van der Waals surface area contributed by atoms with Gasteiger partial charge in [0.05, 0.1) is 26.3 Å². The summed E-state index contributed by atoms with van der Waals surface area (Å²) in [5.41, 5.74) is 4.44. The molecular weight excluding hydrogens is 395 g/mol. The van der Waals surface area contributed by atoms with Gasteiger partial charge in [0.2, 0.25) is 12.2 Å². The second-order valence-electron chi connectivity index (χ2n) is 6.17. The van der Waals surface area contributed by atoms with Crippen molar-refractivity contribution in [3.05, 3.63) is 81.4 Å². The van der Waals surface area contributed by atoms with Crippen LogP contribution in [0.2, 0.25) is 0 Å². The van der Waals surface area contributed by atoms with Crippen LogP contribution >= 0.6 is 0 Å². The number of carbonyl (C=O) groups excluding carboxylic acids is 1. The van der Waals surface area contributed by atoms with Gasteiger partial charge in [0.15, 0.2) is 0 Å². The molecule has 0 fully saturated rings. The van der Waals surface area contributed by atoms with Gasteiger partial charge in [-0.15, -0.1) is 0 Å². The third kappa shape index (κ3) is 5.44. The fourth-order valence-electron chi connectivity index (χ4n) is 2.63. The molecule has 0 radical (unpaired) electrons. The molecule has 0 aliphatic heterocycles. The zero-order valence-electron chi connectivity index (χ0n) is 15.9. The van der Waals surface area contributed by atoms with Gasteiger partial charge in [0.25, 0.3) is 0 Å². The van der Waals surface area contributed by atoms with E-state index in [2.05, 4.69) is 20.6 Å². The van der Waals surface area contributed by atoms with E-state index < -0.39 is 10.9 Å². The SMILES string of the molecule is COc1ccc(/C=N\NC(=O)Cc2ccc(F)cc2)cc1Cn1cnc([N+](=O)[O-])n1. The molecule has 2 aromatic carbocycles. The second kappa shape index (κ2) is 9.37. The third-order valence-corrected chi connectivity index (χ3v) is 4.01. The first kappa shape index (κ1) is 20.6. The summed E-state index contributed by atoms with van der Waals surface area (Å²) in [5.74, 6) is -0.643. The lowest BCUT2D eigenvalue weighted by Gasteiger charge is -2.08. The Morgan fingerprint density at radius 2 is 2.10 bits per heavy atom. The first-order valence-corrected chi connectivity index (χ1v) is 8.71. The Balaban J connectivity index is 1.65. The first-order chi connectivity index (χ1) is 14.4. The fourth-order valence-corrected chi connectivity index (χ4v) is 2.63. The van der Waals surface area contributed by atoms with Crippen molar-refractivity contribution in [3.63, 3.8) is 0 Å². The molecule has 0 saturated carbocycles. The van der Waals surface area contributed by atoms with Crippen LogP contribution in [0.5, 0.6) is 5.75 Å². The number of hydrogen-bond donors (Lipinski definition) is 1. The van der Waals surface area contributed by atoms with E-state index in [0.29, 0.717) is 22.4 Å². The van der Waals surface area contributed by atoms with E-state index in [1.54, 1.807) is 18.2 Å². The normalized spacial score (nSPS) is 10.9. The summed E-state index contributed by atoms with van der Waals surface area (Å²) >= 11 is 0. The highest BCUT2D eigenvalue weighted by molar-refractivity contribution is 5.83. The Bertz CT molecular complexity index is 1080. The van der Waals surface area contributed by atoms with E-state index >= 15 is 0 Å². The van der Waals surface area contributed by atoms with Crippen LogP contribution in [-0.2, 0) is 17.8 Å². The molecule has 1 N–H and O–H groups in total. The summed E-state index contributed by atoms with van der Waals surface area (Å²) in [4.78, 5) is 25.6. The van der Waals surface area contributed by atoms with Crippen LogP contribution in [0.25, 0.3) is 0 Å². The van der Waals surface area contributed by atoms with E-state index in [0.717, 1.165) is 0 Å². The molecule has 0 unspecified atom stereocenters. The maximum absolute atomic E-state index is 12.9. The summed E-state index contributed by atoms with van der Waals surface area (Å²) in [5, 5.41) is 18.4. The average Bonchev–Trinajstić information content (AvgIpc) is 3.19. The zero-order chi connectivity index (χ0) is 21.5. The van der Waals surface area contributed by atoms with Crippen LogP contribution in [0.15, 0.2) is 53.9 Å². The Labute approximate surface area is 170 Å². The lowest BCUT2D eigenvalue weighted by molar-refractivity contribution is -0.394. The summed E-state index contributed by atoms with van der Waals surface area (Å²) in [6.07, 6.45) is 2.78. The minimum Gasteiger partial charge on any atom is -0.496 e. The number of nitrogens with one attached hydrogen (secondary N) is 1. The van der Waals surface area contributed by atoms with Crippen LogP contribution in [0.3, 0.4) is 0 Å². The van der Waals surface area contributed by atoms with E-state index in [1.807, 2.05) is 0 Å². The minimum absolute atomic E-state index is 0.0660. The molecule has 3 rings (SSSR count). The number of rotatable bonds is 8. The number of amides is 1. The topological polar surface area (TPSA) is 125 Å². The van der Waals surface area contributed by atoms with Crippen molar-refractivity contribution in [2.24, 2.45) is 5.10 Å². The van der Waals surface area contributed by atoms with Crippen molar-refractivity contribution < 1.29 is 18.8 Å². The van der Waals surface area contributed by atoms with E-state index in [4.69, 9.17) is 4.74 Å². The van der Waals surface area contributed by atoms with Crippen LogP contribution in [0, 0.1) is 15.9 Å². The van der Waals surface area contributed by atoms with Gasteiger partial charge < -0.3 is 14.9 Å². The quantitative estimate of drug-likeness (QED) is 0.343. The molecule has 0 saturated heterocycles. The van der Waals surface area contributed by atoms with Gasteiger partial charge in [-0.3, -0.25) is 4.79 Å². The number of nitrogens with zero attached hydrogens (tertiary/aromatic N) is 5. The van der Waals surface area contributed by atoms with Crippen molar-refractivity contribution >= 4 is 18.1 Å². The van der Waals surface area contributed by atoms with Crippen LogP contribution in [0.4, 0.5) is 10.3 Å². The Kier molecular flexibility index (Phi) is 6.42. The minimum atomic E-state index is -0.675. The van der Waals surface area contributed by atoms with Crippen molar-refractivity contribution in [1.29, 1.82) is 0 Å². The van der Waals surface area contributed by atoms with Gasteiger partial charge >= 0.3 is 5.95 Å². The number of hydrogen-bond acceptors (Lipinski definition) is 7. The van der Waals surface area contributed by atoms with Gasteiger partial charge in [-0.1, -0.05) is 17.1 Å². The number of hydrazone groups is 1. The molecule has 0 aliphatic rings. The highest BCUT2D eigenvalue weighted by Crippen LogP contribution is 2.20. The number of nitro groups is 1. The van der Waals surface area contributed by atoms with Crippen LogP contribution < -0.4 is 10.2 Å². The Morgan fingerprint density at radius 3 is 2.77 bits per heavy atom. The number of carbonyl (C=O) groups is 1. The predicted octanol–water partition coefficient (Wildman–Crippen LogP) is 2.08. The van der Waals surface area contributed by atoms with E-state index in [-0.39, 0.29) is 24.7 Å². The lowest BCUT2D eigenvalue weighted by atomic mass is 10.1. The first-order valence-electron chi connectivity index (χ1n) is 8.71. The third-order valence-electron chi connectivity index (χ3n) is 4.01. The predicted molar refractivity (Wildman–Crippen MR) is 105 cm³/mol. The van der Waals surface area contributed by atoms with Crippen LogP contribution in [-0.4, -0.2) is 38.9 Å². The molecule has 154 valence electrons. The molecule has 11 heteroatoms. The van der Waals surface area contributed by atoms with Crippen molar-refractivity contribution in [2.75, 3.05) is 7.11 Å². The second-order valence-corrected chi connectivity index (χ2v) is 6.17. The smallest absolute Gasteiger partial charge is 0.490 e. The molecule has 3 aromatic rings. The number of aromatic nitrogens is 3. The van der Waals surface area contributed by atoms with E-state index in [1.165, 1.54) is 48.6 Å². The molecule has 10 nitrogen and oxygen atoms in total. The number of halogens is 1. The molecule has 1 heterocycles. The van der Waals surface area contributed by atoms with Crippen molar-refractivity contribution in [3.8, 4) is 5.75 Å². The fraction of sp³-hybridized carbons (Fsp3) is 0.158. The highest BCUT2D eigenvalue weighted by atomic mass is 19.1. The molecule has 1 aromatic heterocycles. The zero-order valence-corrected chi connectivity index (χ0v) is 15.9. The maximum atomic E-state index is 12.9. The highest BCUT2D eigenvalue weighted by Gasteiger charge is 2.15. The van der Waals surface area contributed by atoms with Crippen LogP contribution in [0.1, 0.15) is 16.7 Å². The molecular formula is C19H17FN6O4. The van der Waals surface area contributed by atoms with Gasteiger partial charge in [-0.2, -0.15) is 9.78 Å². The van der Waals surface area contributed by atoms with Crippen molar-refractivity contribution in [1.82, 2.24) is 20.2 Å². The van der Waals surface area contributed by atoms with Gasteiger partial charge in [-0.05, 0) is 46.4 Å². The number of methoxy groups -OCH3 is 1. The molecule has 0 spiro atoms. The molecule has 30 heavy (non-hydrogen) atoms. The Morgan fingerprint density at radius 1 is 1.33 bits per heavy atom. The maximum Gasteiger partial charge on any atom is 0.490 e. The van der Waals surface area contributed by atoms with Gasteiger partial charge in [-0.25, -0.2) is 9.82 Å². The Hall–Kier alpha value is -4.15. The summed E-state index contributed by atoms with van der Waals surface area (Å²) in [7, 11) is 1.51. The standard InChI is InChI=1S/C19H17FN6O4/c1-30-17-7-4-14(8-15(17)11-25-12-21-19(24-25)26(28)29)10-22-23-18(27)9-13-2-5-16(20)6-3-13/h2-8,10,12H,9,11H2,1H3,(H,23,27)/b22-10-. The molecule has 1 amide bonds. The summed E-state index contributed by atoms with van der Waals surface area (Å²) < 4.78 is 19.5. The molecule has 0 aliphatic carbocycles.